The average molecular weight is 389 g/mol. The Morgan fingerprint density at radius 3 is 2.39 bits per heavy atom. The molecule has 3 aromatic rings. The van der Waals surface area contributed by atoms with Crippen molar-refractivity contribution in [3.8, 4) is 0 Å². The summed E-state index contributed by atoms with van der Waals surface area (Å²) >= 11 is 1.34. The number of nitrogens with zero attached hydrogens (tertiary/aromatic N) is 2. The molecule has 0 saturated heterocycles. The molecule has 0 aliphatic carbocycles. The lowest BCUT2D eigenvalue weighted by atomic mass is 9.95. The van der Waals surface area contributed by atoms with Gasteiger partial charge in [-0.15, -0.1) is 0 Å². The second-order valence-corrected chi connectivity index (χ2v) is 7.49. The van der Waals surface area contributed by atoms with E-state index in [0.717, 1.165) is 11.1 Å². The van der Waals surface area contributed by atoms with E-state index >= 15 is 0 Å². The molecular formula is C22H19N3O2S. The summed E-state index contributed by atoms with van der Waals surface area (Å²) in [5, 5.41) is 2.69. The molecule has 2 heterocycles. The van der Waals surface area contributed by atoms with Crippen molar-refractivity contribution >= 4 is 23.3 Å². The predicted molar refractivity (Wildman–Crippen MR) is 111 cm³/mol. The van der Waals surface area contributed by atoms with E-state index in [2.05, 4.69) is 10.3 Å². The highest BCUT2D eigenvalue weighted by Crippen LogP contribution is 2.29. The maximum atomic E-state index is 13.3. The number of hydrogen-bond donors (Lipinski definition) is 1. The van der Waals surface area contributed by atoms with Crippen LogP contribution in [0.5, 0.6) is 0 Å². The normalized spacial score (nSPS) is 16.5. The molecule has 28 heavy (non-hydrogen) atoms. The zero-order valence-corrected chi connectivity index (χ0v) is 16.4. The summed E-state index contributed by atoms with van der Waals surface area (Å²) in [6.45, 7) is 1.81. The first kappa shape index (κ1) is 18.1. The number of carbonyl (C=O) groups is 1. The zero-order valence-electron chi connectivity index (χ0n) is 15.5. The molecule has 1 N–H and O–H groups in total. The molecule has 1 amide bonds. The largest absolute Gasteiger partial charge is 0.355 e. The maximum Gasteiger partial charge on any atom is 0.271 e. The molecule has 2 aromatic carbocycles. The quantitative estimate of drug-likeness (QED) is 0.745. The van der Waals surface area contributed by atoms with Gasteiger partial charge in [0.2, 0.25) is 0 Å². The Morgan fingerprint density at radius 2 is 1.75 bits per heavy atom. The van der Waals surface area contributed by atoms with Gasteiger partial charge in [-0.2, -0.15) is 0 Å². The van der Waals surface area contributed by atoms with Crippen LogP contribution in [0.4, 0.5) is 0 Å². The number of likely N-dealkylation sites (N-methyl/N-ethyl adjacent to an activating group) is 1. The van der Waals surface area contributed by atoms with E-state index in [9.17, 15) is 9.59 Å². The Hall–Kier alpha value is -3.25. The number of allylic oxidation sites excluding steroid dienone is 1. The molecular weight excluding hydrogens is 370 g/mol. The van der Waals surface area contributed by atoms with Crippen LogP contribution >= 0.6 is 11.3 Å². The minimum Gasteiger partial charge on any atom is -0.355 e. The monoisotopic (exact) mass is 389 g/mol. The standard InChI is InChI=1S/C22H19N3O2S/c1-14-18(20(26)23-2)19(16-11-7-4-8-12-16)25-21(27)17(28-22(25)24-14)13-15-9-5-3-6-10-15/h3-13,19H,1-2H3,(H,23,26). The van der Waals surface area contributed by atoms with E-state index in [1.165, 1.54) is 11.3 Å². The molecule has 1 unspecified atom stereocenters. The van der Waals surface area contributed by atoms with Crippen LogP contribution in [-0.2, 0) is 4.79 Å². The van der Waals surface area contributed by atoms with Gasteiger partial charge in [-0.05, 0) is 24.1 Å². The van der Waals surface area contributed by atoms with Gasteiger partial charge in [-0.3, -0.25) is 14.2 Å². The van der Waals surface area contributed by atoms with Crippen LogP contribution in [0.2, 0.25) is 0 Å². The molecule has 140 valence electrons. The number of fused-ring (bicyclic) bond motifs is 1. The number of nitrogens with one attached hydrogen (secondary N) is 1. The highest BCUT2D eigenvalue weighted by Gasteiger charge is 2.31. The fourth-order valence-corrected chi connectivity index (χ4v) is 4.44. The fourth-order valence-electron chi connectivity index (χ4n) is 3.40. The average Bonchev–Trinajstić information content (AvgIpc) is 3.02. The lowest BCUT2D eigenvalue weighted by Crippen LogP contribution is -2.41. The van der Waals surface area contributed by atoms with Crippen molar-refractivity contribution in [3.05, 3.63) is 103 Å². The van der Waals surface area contributed by atoms with Crippen LogP contribution in [-0.4, -0.2) is 17.5 Å². The molecule has 4 rings (SSSR count). The summed E-state index contributed by atoms with van der Waals surface area (Å²) in [5.74, 6) is -0.229. The smallest absolute Gasteiger partial charge is 0.271 e. The Labute approximate surface area is 166 Å². The number of thiazole rings is 1. The van der Waals surface area contributed by atoms with Gasteiger partial charge in [0, 0.05) is 7.05 Å². The third kappa shape index (κ3) is 3.12. The van der Waals surface area contributed by atoms with E-state index in [-0.39, 0.29) is 11.5 Å². The van der Waals surface area contributed by atoms with E-state index in [1.54, 1.807) is 11.6 Å². The van der Waals surface area contributed by atoms with Crippen molar-refractivity contribution in [1.29, 1.82) is 0 Å². The van der Waals surface area contributed by atoms with Crippen LogP contribution in [0.15, 0.2) is 81.7 Å². The van der Waals surface area contributed by atoms with Crippen molar-refractivity contribution in [2.24, 2.45) is 4.99 Å². The SMILES string of the molecule is CNC(=O)C1=C(C)N=c2sc(=Cc3ccccc3)c(=O)n2C1c1ccccc1. The lowest BCUT2D eigenvalue weighted by Gasteiger charge is -2.24. The molecule has 0 bridgehead atoms. The number of amides is 1. The summed E-state index contributed by atoms with van der Waals surface area (Å²) in [5.41, 5.74) is 2.80. The zero-order chi connectivity index (χ0) is 19.7. The van der Waals surface area contributed by atoms with E-state index in [1.807, 2.05) is 73.7 Å². The molecule has 1 atom stereocenters. The van der Waals surface area contributed by atoms with Gasteiger partial charge >= 0.3 is 0 Å². The van der Waals surface area contributed by atoms with E-state index < -0.39 is 6.04 Å². The summed E-state index contributed by atoms with van der Waals surface area (Å²) in [7, 11) is 1.59. The summed E-state index contributed by atoms with van der Waals surface area (Å²) in [4.78, 5) is 31.1. The Kier molecular flexibility index (Phi) is 4.79. The van der Waals surface area contributed by atoms with Crippen LogP contribution in [0.3, 0.4) is 0 Å². The molecule has 5 nitrogen and oxygen atoms in total. The van der Waals surface area contributed by atoms with Gasteiger partial charge in [0.1, 0.15) is 0 Å². The number of aromatic nitrogens is 1. The van der Waals surface area contributed by atoms with Crippen molar-refractivity contribution in [1.82, 2.24) is 9.88 Å². The van der Waals surface area contributed by atoms with Crippen LogP contribution in [0, 0.1) is 0 Å². The molecule has 0 spiro atoms. The first-order chi connectivity index (χ1) is 13.6. The van der Waals surface area contributed by atoms with Crippen molar-refractivity contribution in [3.63, 3.8) is 0 Å². The minimum atomic E-state index is -0.504. The Morgan fingerprint density at radius 1 is 1.11 bits per heavy atom. The first-order valence-corrected chi connectivity index (χ1v) is 9.76. The fraction of sp³-hybridized carbons (Fsp3) is 0.136. The molecule has 1 aliphatic rings. The Balaban J connectivity index is 1.99. The van der Waals surface area contributed by atoms with Crippen molar-refractivity contribution < 1.29 is 4.79 Å². The highest BCUT2D eigenvalue weighted by atomic mass is 32.1. The second kappa shape index (κ2) is 7.40. The summed E-state index contributed by atoms with van der Waals surface area (Å²) in [6.07, 6.45) is 1.87. The number of hydrogen-bond acceptors (Lipinski definition) is 4. The number of rotatable bonds is 3. The van der Waals surface area contributed by atoms with Crippen LogP contribution in [0.25, 0.3) is 6.08 Å². The molecule has 6 heteroatoms. The maximum absolute atomic E-state index is 13.3. The lowest BCUT2D eigenvalue weighted by molar-refractivity contribution is -0.117. The Bertz CT molecular complexity index is 1240. The summed E-state index contributed by atoms with van der Waals surface area (Å²) in [6, 6.07) is 18.8. The van der Waals surface area contributed by atoms with Crippen molar-refractivity contribution in [2.45, 2.75) is 13.0 Å². The third-order valence-electron chi connectivity index (χ3n) is 4.71. The molecule has 0 radical (unpaired) electrons. The third-order valence-corrected chi connectivity index (χ3v) is 5.69. The first-order valence-electron chi connectivity index (χ1n) is 8.95. The number of carbonyl (C=O) groups excluding carboxylic acids is 1. The molecule has 1 aliphatic heterocycles. The van der Waals surface area contributed by atoms with Gasteiger partial charge in [0.15, 0.2) is 4.80 Å². The van der Waals surface area contributed by atoms with Crippen molar-refractivity contribution in [2.75, 3.05) is 7.05 Å². The van der Waals surface area contributed by atoms with Crippen LogP contribution < -0.4 is 20.2 Å². The van der Waals surface area contributed by atoms with Gasteiger partial charge in [0.25, 0.3) is 11.5 Å². The van der Waals surface area contributed by atoms with Gasteiger partial charge in [-0.25, -0.2) is 4.99 Å². The van der Waals surface area contributed by atoms with Gasteiger partial charge in [-0.1, -0.05) is 72.0 Å². The van der Waals surface area contributed by atoms with E-state index in [0.29, 0.717) is 20.6 Å². The predicted octanol–water partition coefficient (Wildman–Crippen LogP) is 1.98. The van der Waals surface area contributed by atoms with Gasteiger partial charge in [0.05, 0.1) is 21.8 Å². The highest BCUT2D eigenvalue weighted by molar-refractivity contribution is 7.07. The molecule has 0 saturated carbocycles. The molecule has 1 aromatic heterocycles. The topological polar surface area (TPSA) is 63.5 Å². The summed E-state index contributed by atoms with van der Waals surface area (Å²) < 4.78 is 2.23. The minimum absolute atomic E-state index is 0.143. The number of benzene rings is 2. The second-order valence-electron chi connectivity index (χ2n) is 6.48. The van der Waals surface area contributed by atoms with Gasteiger partial charge < -0.3 is 5.32 Å². The molecule has 0 fully saturated rings. The van der Waals surface area contributed by atoms with E-state index in [4.69, 9.17) is 0 Å². The van der Waals surface area contributed by atoms with Crippen LogP contribution in [0.1, 0.15) is 24.1 Å².